The molecule has 2 aromatic rings. The minimum Gasteiger partial charge on any atom is -0.495 e. The van der Waals surface area contributed by atoms with Crippen molar-refractivity contribution in [2.45, 2.75) is 165 Å². The van der Waals surface area contributed by atoms with Crippen LogP contribution in [-0.4, -0.2) is 161 Å². The zero-order valence-corrected chi connectivity index (χ0v) is 50.8. The van der Waals surface area contributed by atoms with Crippen molar-refractivity contribution >= 4 is 92.2 Å². The molecule has 6 amide bonds. The second kappa shape index (κ2) is 27.6. The average Bonchev–Trinajstić information content (AvgIpc) is 2.25. The Morgan fingerprint density at radius 3 is 2.52 bits per heavy atom. The van der Waals surface area contributed by atoms with E-state index in [1.54, 1.807) is 51.2 Å². The number of fused-ring (bicyclic) bond motifs is 6. The summed E-state index contributed by atoms with van der Waals surface area (Å²) < 4.78 is 34.7. The van der Waals surface area contributed by atoms with Crippen LogP contribution in [-0.2, 0) is 70.2 Å². The van der Waals surface area contributed by atoms with Crippen molar-refractivity contribution in [1.82, 2.24) is 25.7 Å². The molecule has 0 saturated carbocycles. The molecule has 7 rings (SSSR count). The van der Waals surface area contributed by atoms with Crippen LogP contribution >= 0.6 is 33.2 Å². The van der Waals surface area contributed by atoms with Crippen LogP contribution in [0.3, 0.4) is 0 Å². The average molecular weight is 1210 g/mol. The second-order valence-electron chi connectivity index (χ2n) is 22.1. The molecule has 4 aliphatic heterocycles. The highest BCUT2D eigenvalue weighted by Crippen LogP contribution is 2.49. The predicted molar refractivity (Wildman–Crippen MR) is 308 cm³/mol. The Bertz CT molecular complexity index is 2910. The molecule has 452 valence electrons. The van der Waals surface area contributed by atoms with Crippen LogP contribution in [0.5, 0.6) is 11.6 Å². The quantitative estimate of drug-likeness (QED) is 0.0339. The number of aliphatic hydroxyl groups is 1. The van der Waals surface area contributed by atoms with Gasteiger partial charge in [0.1, 0.15) is 40.7 Å². The maximum absolute atomic E-state index is 14.4. The van der Waals surface area contributed by atoms with Crippen LogP contribution in [0, 0.1) is 5.92 Å². The number of hydrogen-bond donors (Lipinski definition) is 3. The molecule has 0 spiro atoms. The number of anilines is 1. The Morgan fingerprint density at radius 2 is 1.81 bits per heavy atom. The van der Waals surface area contributed by atoms with E-state index < -0.39 is 88.2 Å². The molecular formula is C57H74ClN7O16S2. The van der Waals surface area contributed by atoms with E-state index in [1.807, 2.05) is 32.9 Å². The molecule has 26 heteroatoms. The maximum atomic E-state index is 14.4. The molecule has 4 bridgehead atoms. The summed E-state index contributed by atoms with van der Waals surface area (Å²) in [7, 11) is 8.78. The molecule has 1 aliphatic carbocycles. The minimum atomic E-state index is -1.88. The van der Waals surface area contributed by atoms with Gasteiger partial charge in [0, 0.05) is 81.4 Å². The molecule has 8 atom stereocenters. The summed E-state index contributed by atoms with van der Waals surface area (Å²) in [6.45, 7) is 10.9. The molecule has 83 heavy (non-hydrogen) atoms. The largest absolute Gasteiger partial charge is 0.495 e. The predicted octanol–water partition coefficient (Wildman–Crippen LogP) is 6.47. The van der Waals surface area contributed by atoms with E-state index in [0.717, 1.165) is 28.8 Å². The number of esters is 1. The van der Waals surface area contributed by atoms with Crippen molar-refractivity contribution in [3.63, 3.8) is 0 Å². The lowest BCUT2D eigenvalue weighted by Crippen LogP contribution is -2.63. The van der Waals surface area contributed by atoms with E-state index in [1.165, 1.54) is 59.6 Å². The van der Waals surface area contributed by atoms with Crippen LogP contribution in [0.15, 0.2) is 53.2 Å². The Hall–Kier alpha value is -6.25. The van der Waals surface area contributed by atoms with Crippen molar-refractivity contribution in [2.24, 2.45) is 11.0 Å². The molecule has 3 saturated heterocycles. The fourth-order valence-electron chi connectivity index (χ4n) is 10.2. The number of hydroxylamine groups is 2. The van der Waals surface area contributed by atoms with Crippen molar-refractivity contribution < 1.29 is 76.7 Å². The van der Waals surface area contributed by atoms with Gasteiger partial charge in [-0.2, -0.15) is 5.10 Å². The summed E-state index contributed by atoms with van der Waals surface area (Å²) in [5.74, 6) is -3.27. The summed E-state index contributed by atoms with van der Waals surface area (Å²) in [5, 5.41) is 19.6. The number of hydrogen-bond acceptors (Lipinski definition) is 20. The van der Waals surface area contributed by atoms with Gasteiger partial charge in [0.2, 0.25) is 23.6 Å². The number of nitrogens with one attached hydrogen (secondary N) is 2. The number of aromatic nitrogens is 1. The number of carbonyl (C=O) groups excluding carboxylic acids is 8. The Kier molecular flexibility index (Phi) is 21.4. The molecule has 5 aliphatic rings. The number of alkyl carbamates (subject to hydrolysis) is 1. The Balaban J connectivity index is 0.925. The standard InChI is InChI=1S/C57H74ClN7O16S2/c1-32-14-11-17-42(76-10)57(74)30-41(78-54(73)60-57)33(2)52-56(6,80-52)43(29-49(70)64(8)39-27-35(26-32)28-40(75-9)51(39)58)79-53(72)34(3)63(7)46(67)23-25-82-83-55(4,5)31-44(66)62-61-38-16-12-15-37-36(38)19-20-45(59-37)77-24-13-18-50(71)81-65-47(68)21-22-48(65)69/h11,14,17,19-20,27-28,33-34,41-43,52,74H,12-13,15-16,18,21-26,29-31H2,1-10H3,(H,60,73)(H,62,66)/b17-11+,32-14+,61-38-/t33-,34+,41+,42-,43+,52+,56+,57+/m1/s1. The van der Waals surface area contributed by atoms with Gasteiger partial charge in [-0.05, 0) is 90.5 Å². The van der Waals surface area contributed by atoms with E-state index in [4.69, 9.17) is 44.9 Å². The molecule has 0 unspecified atom stereocenters. The number of pyridine rings is 1. The summed E-state index contributed by atoms with van der Waals surface area (Å²) in [6.07, 6.45) is 2.91. The summed E-state index contributed by atoms with van der Waals surface area (Å²) in [6, 6.07) is 5.96. The van der Waals surface area contributed by atoms with E-state index in [9.17, 15) is 43.5 Å². The number of benzene rings is 1. The molecule has 5 heterocycles. The van der Waals surface area contributed by atoms with Crippen LogP contribution in [0.1, 0.15) is 123 Å². The van der Waals surface area contributed by atoms with Crippen molar-refractivity contribution in [1.29, 1.82) is 0 Å². The summed E-state index contributed by atoms with van der Waals surface area (Å²) in [4.78, 5) is 116. The first-order valence-electron chi connectivity index (χ1n) is 27.5. The third-order valence-corrected chi connectivity index (χ3v) is 18.8. The number of hydrazone groups is 1. The van der Waals surface area contributed by atoms with E-state index in [-0.39, 0.29) is 74.8 Å². The SMILES string of the molecule is COc1cc2cc(c1Cl)N(C)C(=O)C[C@H](OC(=O)[C@H](C)N(C)C(=O)CCSSC(C)(C)CC(=O)N/N=C1/CCCc3nc(OCCCC(=O)ON4C(=O)CCC4=O)ccc31)[C@]1(C)O[C@H]1[C@H](C)[C@@H]1C[C@@](O)(NC(=O)O1)[C@H](OC)/C=C/C=C(\C)C2. The number of rotatable bonds is 19. The van der Waals surface area contributed by atoms with Gasteiger partial charge in [0.05, 0.1) is 49.8 Å². The molecular weight excluding hydrogens is 1140 g/mol. The number of halogens is 1. The minimum absolute atomic E-state index is 0.0158. The van der Waals surface area contributed by atoms with Crippen molar-refractivity contribution in [3.8, 4) is 11.6 Å². The summed E-state index contributed by atoms with van der Waals surface area (Å²) in [5.41, 5.74) is 3.76. The highest BCUT2D eigenvalue weighted by Gasteiger charge is 2.64. The summed E-state index contributed by atoms with van der Waals surface area (Å²) >= 11 is 6.84. The number of epoxide rings is 1. The molecule has 1 aromatic carbocycles. The fraction of sp³-hybridized carbons (Fsp3) is 0.579. The lowest BCUT2D eigenvalue weighted by molar-refractivity contribution is -0.197. The first-order valence-corrected chi connectivity index (χ1v) is 30.2. The van der Waals surface area contributed by atoms with E-state index >= 15 is 0 Å². The first-order chi connectivity index (χ1) is 39.3. The van der Waals surface area contributed by atoms with Gasteiger partial charge in [-0.3, -0.25) is 29.3 Å². The van der Waals surface area contributed by atoms with Crippen molar-refractivity contribution in [3.05, 3.63) is 69.9 Å². The van der Waals surface area contributed by atoms with Crippen LogP contribution in [0.4, 0.5) is 10.5 Å². The number of aryl methyl sites for hydroxylation is 1. The van der Waals surface area contributed by atoms with Gasteiger partial charge in [0.15, 0.2) is 5.72 Å². The number of allylic oxidation sites excluding steroid dienone is 3. The van der Waals surface area contributed by atoms with E-state index in [0.29, 0.717) is 53.1 Å². The van der Waals surface area contributed by atoms with E-state index in [2.05, 4.69) is 20.8 Å². The smallest absolute Gasteiger partial charge is 0.409 e. The topological polar surface area (TPSA) is 284 Å². The van der Waals surface area contributed by atoms with Crippen LogP contribution in [0.2, 0.25) is 5.02 Å². The number of nitrogens with zero attached hydrogens (tertiary/aromatic N) is 5. The number of likely N-dealkylation sites (N-methyl/N-ethyl adjacent to an activating group) is 1. The first kappa shape index (κ1) is 64.3. The zero-order valence-electron chi connectivity index (χ0n) is 48.4. The van der Waals surface area contributed by atoms with Gasteiger partial charge in [-0.15, -0.1) is 5.06 Å². The van der Waals surface area contributed by atoms with Crippen LogP contribution in [0.25, 0.3) is 0 Å². The molecule has 1 aromatic heterocycles. The number of imide groups is 1. The lowest BCUT2D eigenvalue weighted by atomic mass is 9.83. The molecule has 3 N–H and O–H groups in total. The van der Waals surface area contributed by atoms with Gasteiger partial charge in [-0.1, -0.05) is 63.9 Å². The van der Waals surface area contributed by atoms with Crippen molar-refractivity contribution in [2.75, 3.05) is 45.6 Å². The number of methoxy groups -OCH3 is 2. The highest BCUT2D eigenvalue weighted by atomic mass is 35.5. The normalized spacial score (nSPS) is 26.5. The lowest BCUT2D eigenvalue weighted by Gasteiger charge is -2.42. The number of amides is 6. The second-order valence-corrected chi connectivity index (χ2v) is 25.6. The van der Waals surface area contributed by atoms with Gasteiger partial charge in [0.25, 0.3) is 11.8 Å². The van der Waals surface area contributed by atoms with Gasteiger partial charge in [-0.25, -0.2) is 24.8 Å². The van der Waals surface area contributed by atoms with Gasteiger partial charge < -0.3 is 48.2 Å². The third kappa shape index (κ3) is 16.1. The molecule has 0 radical (unpaired) electrons. The molecule has 23 nitrogen and oxygen atoms in total. The molecule has 3 fully saturated rings. The Labute approximate surface area is 495 Å². The number of ether oxygens (including phenoxy) is 6. The zero-order chi connectivity index (χ0) is 60.6. The highest BCUT2D eigenvalue weighted by molar-refractivity contribution is 8.77. The van der Waals surface area contributed by atoms with Crippen LogP contribution < -0.4 is 25.1 Å². The monoisotopic (exact) mass is 1210 g/mol. The fourth-order valence-corrected chi connectivity index (χ4v) is 13.0. The Morgan fingerprint density at radius 1 is 1.07 bits per heavy atom. The van der Waals surface area contributed by atoms with Gasteiger partial charge >= 0.3 is 18.0 Å². The third-order valence-electron chi connectivity index (χ3n) is 15.2. The maximum Gasteiger partial charge on any atom is 0.409 e. The number of carbonyl (C=O) groups is 8.